The number of hydrogen-bond donors (Lipinski definition) is 3. The van der Waals surface area contributed by atoms with Crippen LogP contribution in [0.4, 0.5) is 0 Å². The van der Waals surface area contributed by atoms with E-state index >= 15 is 0 Å². The number of likely N-dealkylation sites (tertiary alicyclic amines) is 1. The summed E-state index contributed by atoms with van der Waals surface area (Å²) >= 11 is 0. The number of phenolic OH excluding ortho intramolecular Hbond substituents is 1. The summed E-state index contributed by atoms with van der Waals surface area (Å²) in [7, 11) is 6.59. The molecule has 5 aliphatic rings. The first-order valence-electron chi connectivity index (χ1n) is 13.0. The van der Waals surface area contributed by atoms with E-state index in [1.807, 2.05) is 7.05 Å². The number of methoxy groups -OCH3 is 1. The van der Waals surface area contributed by atoms with Gasteiger partial charge in [-0.2, -0.15) is 0 Å². The number of nitrogens with zero attached hydrogens (tertiary/aromatic N) is 2. The number of primary amides is 1. The Labute approximate surface area is 224 Å². The molecule has 8 unspecified atom stereocenters. The number of benzene rings is 1. The Bertz CT molecular complexity index is 1420. The molecule has 1 saturated heterocycles. The summed E-state index contributed by atoms with van der Waals surface area (Å²) in [6.07, 6.45) is 2.33. The molecule has 39 heavy (non-hydrogen) atoms. The fourth-order valence-corrected chi connectivity index (χ4v) is 7.87. The van der Waals surface area contributed by atoms with Gasteiger partial charge in [0, 0.05) is 35.5 Å². The SMILES string of the molecule is COc1c(C2C3C=C3CN2C)cc(O)c2c1CC1CC3C(N(C)C)C(=O)C(C(N)=O)C(=O)C3(O)C(=O)C1C2=O. The van der Waals surface area contributed by atoms with Crippen LogP contribution in [-0.4, -0.2) is 95.5 Å². The van der Waals surface area contributed by atoms with E-state index in [1.54, 1.807) is 14.1 Å². The molecule has 3 fully saturated rings. The van der Waals surface area contributed by atoms with Crippen LogP contribution in [-0.2, 0) is 25.6 Å². The van der Waals surface area contributed by atoms with Gasteiger partial charge in [0.2, 0.25) is 5.91 Å². The van der Waals surface area contributed by atoms with Gasteiger partial charge in [0.1, 0.15) is 11.5 Å². The molecule has 4 aliphatic carbocycles. The Morgan fingerprint density at radius 1 is 1.21 bits per heavy atom. The smallest absolute Gasteiger partial charge is 0.235 e. The predicted molar refractivity (Wildman–Crippen MR) is 135 cm³/mol. The minimum atomic E-state index is -2.74. The number of ether oxygens (including phenoxy) is 1. The molecule has 0 spiro atoms. The maximum atomic E-state index is 13.9. The number of rotatable bonds is 4. The average molecular weight is 538 g/mol. The minimum Gasteiger partial charge on any atom is -0.507 e. The first-order valence-corrected chi connectivity index (χ1v) is 13.0. The van der Waals surface area contributed by atoms with Crippen LogP contribution in [0, 0.1) is 29.6 Å². The number of aliphatic hydroxyl groups is 1. The first-order chi connectivity index (χ1) is 18.3. The third-order valence-electron chi connectivity index (χ3n) is 9.52. The molecule has 1 aliphatic heterocycles. The standard InChI is InChI=1S/C28H31N3O8/c1-30(2)21-15-7-10-5-13-18(16(32)8-14(24(13)39-4)20-12-6-11(12)9-31(20)3)22(33)17(10)25(35)28(15,38)26(36)19(23(21)34)27(29)37/h6,8,10,12,15,17,19-21,32,38H,5,7,9H2,1-4H3,(H2,29,37). The molecule has 0 aromatic heterocycles. The zero-order valence-corrected chi connectivity index (χ0v) is 22.1. The van der Waals surface area contributed by atoms with Crippen LogP contribution < -0.4 is 10.5 Å². The Balaban J connectivity index is 1.47. The van der Waals surface area contributed by atoms with Gasteiger partial charge in [0.15, 0.2) is 34.7 Å². The van der Waals surface area contributed by atoms with Crippen molar-refractivity contribution in [3.05, 3.63) is 34.4 Å². The average Bonchev–Trinajstić information content (AvgIpc) is 3.51. The van der Waals surface area contributed by atoms with Crippen molar-refractivity contribution < 1.29 is 38.9 Å². The number of likely N-dealkylation sites (N-methyl/N-ethyl adjacent to an activating group) is 2. The third-order valence-corrected chi connectivity index (χ3v) is 9.52. The van der Waals surface area contributed by atoms with Gasteiger partial charge in [-0.3, -0.25) is 33.8 Å². The van der Waals surface area contributed by atoms with Gasteiger partial charge < -0.3 is 20.7 Å². The van der Waals surface area contributed by atoms with E-state index in [9.17, 15) is 34.2 Å². The molecular weight excluding hydrogens is 506 g/mol. The lowest BCUT2D eigenvalue weighted by Gasteiger charge is -2.52. The highest BCUT2D eigenvalue weighted by molar-refractivity contribution is 6.32. The van der Waals surface area contributed by atoms with Crippen molar-refractivity contribution in [2.24, 2.45) is 35.3 Å². The lowest BCUT2D eigenvalue weighted by molar-refractivity contribution is -0.181. The second-order valence-corrected chi connectivity index (χ2v) is 11.8. The molecule has 0 radical (unpaired) electrons. The Morgan fingerprint density at radius 2 is 1.90 bits per heavy atom. The highest BCUT2D eigenvalue weighted by Gasteiger charge is 2.69. The van der Waals surface area contributed by atoms with Crippen LogP contribution in [0.1, 0.15) is 33.9 Å². The molecule has 11 nitrogen and oxygen atoms in total. The maximum Gasteiger partial charge on any atom is 0.235 e. The van der Waals surface area contributed by atoms with Crippen molar-refractivity contribution >= 4 is 29.0 Å². The van der Waals surface area contributed by atoms with Crippen LogP contribution in [0.5, 0.6) is 11.5 Å². The second-order valence-electron chi connectivity index (χ2n) is 11.8. The fraction of sp³-hybridized carbons (Fsp3) is 0.536. The molecule has 1 aromatic rings. The van der Waals surface area contributed by atoms with E-state index in [-0.39, 0.29) is 36.1 Å². The number of amides is 1. The highest BCUT2D eigenvalue weighted by atomic mass is 16.5. The Kier molecular flexibility index (Phi) is 5.50. The van der Waals surface area contributed by atoms with Gasteiger partial charge in [0.05, 0.1) is 24.6 Å². The molecule has 6 rings (SSSR count). The number of carbonyl (C=O) groups is 5. The molecule has 11 heteroatoms. The molecular formula is C28H31N3O8. The quantitative estimate of drug-likeness (QED) is 0.334. The summed E-state index contributed by atoms with van der Waals surface area (Å²) in [5, 5.41) is 22.8. The van der Waals surface area contributed by atoms with Gasteiger partial charge in [-0.15, -0.1) is 0 Å². The van der Waals surface area contributed by atoms with Gasteiger partial charge in [-0.25, -0.2) is 0 Å². The molecule has 4 N–H and O–H groups in total. The van der Waals surface area contributed by atoms with Crippen molar-refractivity contribution in [2.45, 2.75) is 30.5 Å². The lowest BCUT2D eigenvalue weighted by atomic mass is 9.52. The largest absolute Gasteiger partial charge is 0.507 e. The molecule has 1 aromatic carbocycles. The zero-order valence-electron chi connectivity index (χ0n) is 22.1. The first kappa shape index (κ1) is 25.8. The Hall–Kier alpha value is -3.41. The number of carbonyl (C=O) groups excluding carboxylic acids is 5. The summed E-state index contributed by atoms with van der Waals surface area (Å²) in [5.74, 6) is -9.91. The molecule has 0 bridgehead atoms. The van der Waals surface area contributed by atoms with Crippen molar-refractivity contribution in [3.8, 4) is 11.5 Å². The number of nitrogens with two attached hydrogens (primary N) is 1. The third kappa shape index (κ3) is 3.23. The number of fused-ring (bicyclic) bond motifs is 4. The summed E-state index contributed by atoms with van der Waals surface area (Å²) in [6.45, 7) is 0.801. The molecule has 1 heterocycles. The van der Waals surface area contributed by atoms with E-state index in [4.69, 9.17) is 10.5 Å². The van der Waals surface area contributed by atoms with Crippen LogP contribution in [0.2, 0.25) is 0 Å². The summed E-state index contributed by atoms with van der Waals surface area (Å²) in [6, 6.07) is 0.307. The van der Waals surface area contributed by atoms with Crippen LogP contribution in [0.15, 0.2) is 17.7 Å². The number of phenols is 1. The molecule has 1 amide bonds. The highest BCUT2D eigenvalue weighted by Crippen LogP contribution is 2.56. The number of hydrogen-bond acceptors (Lipinski definition) is 10. The van der Waals surface area contributed by atoms with Gasteiger partial charge in [-0.05, 0) is 46.0 Å². The summed E-state index contributed by atoms with van der Waals surface area (Å²) in [5.41, 5.74) is 5.09. The van der Waals surface area contributed by atoms with Crippen LogP contribution >= 0.6 is 0 Å². The Morgan fingerprint density at radius 3 is 2.46 bits per heavy atom. The predicted octanol–water partition coefficient (Wildman–Crippen LogP) is -0.582. The van der Waals surface area contributed by atoms with E-state index in [1.165, 1.54) is 23.6 Å². The van der Waals surface area contributed by atoms with E-state index in [0.29, 0.717) is 11.3 Å². The summed E-state index contributed by atoms with van der Waals surface area (Å²) in [4.78, 5) is 70.1. The normalized spacial score (nSPS) is 37.2. The molecule has 8 atom stereocenters. The summed E-state index contributed by atoms with van der Waals surface area (Å²) < 4.78 is 5.83. The number of Topliss-reactive ketones (excluding diaryl/α,β-unsaturated/α-hetero) is 4. The van der Waals surface area contributed by atoms with E-state index < -0.39 is 64.4 Å². The molecule has 206 valence electrons. The van der Waals surface area contributed by atoms with Crippen molar-refractivity contribution in [2.75, 3.05) is 34.8 Å². The topological polar surface area (TPSA) is 168 Å². The maximum absolute atomic E-state index is 13.9. The number of ketones is 4. The molecule has 2 saturated carbocycles. The van der Waals surface area contributed by atoms with Crippen molar-refractivity contribution in [1.29, 1.82) is 0 Å². The lowest BCUT2D eigenvalue weighted by Crippen LogP contribution is -2.74. The minimum absolute atomic E-state index is 0.00427. The van der Waals surface area contributed by atoms with Gasteiger partial charge in [-0.1, -0.05) is 11.6 Å². The monoisotopic (exact) mass is 537 g/mol. The van der Waals surface area contributed by atoms with Crippen molar-refractivity contribution in [3.63, 3.8) is 0 Å². The van der Waals surface area contributed by atoms with Gasteiger partial charge in [0.25, 0.3) is 0 Å². The van der Waals surface area contributed by atoms with Crippen molar-refractivity contribution in [1.82, 2.24) is 9.80 Å². The zero-order chi connectivity index (χ0) is 28.3. The second kappa shape index (κ2) is 8.30. The van der Waals surface area contributed by atoms with Gasteiger partial charge >= 0.3 is 0 Å². The van der Waals surface area contributed by atoms with E-state index in [0.717, 1.165) is 12.1 Å². The van der Waals surface area contributed by atoms with E-state index in [2.05, 4.69) is 11.0 Å². The van der Waals surface area contributed by atoms with Crippen LogP contribution in [0.25, 0.3) is 0 Å². The van der Waals surface area contributed by atoms with Crippen LogP contribution in [0.3, 0.4) is 0 Å². The number of aromatic hydroxyl groups is 1. The fourth-order valence-electron chi connectivity index (χ4n) is 7.87.